The van der Waals surface area contributed by atoms with Gasteiger partial charge in [-0.05, 0) is 31.0 Å². The number of nitrogens with zero attached hydrogens (tertiary/aromatic N) is 1. The topological polar surface area (TPSA) is 71.8 Å². The highest BCUT2D eigenvalue weighted by Gasteiger charge is 2.28. The van der Waals surface area contributed by atoms with E-state index in [1.165, 1.54) is 12.5 Å². The molecule has 0 aliphatic carbocycles. The first-order valence-corrected chi connectivity index (χ1v) is 7.94. The molecule has 0 atom stereocenters. The van der Waals surface area contributed by atoms with Gasteiger partial charge in [0.05, 0.1) is 18.9 Å². The van der Waals surface area contributed by atoms with Crippen LogP contribution in [0.1, 0.15) is 23.2 Å². The summed E-state index contributed by atoms with van der Waals surface area (Å²) in [6.45, 7) is 1.14. The summed E-state index contributed by atoms with van der Waals surface area (Å²) < 4.78 is 10.1. The summed E-state index contributed by atoms with van der Waals surface area (Å²) in [5.74, 6) is 0.548. The molecule has 0 radical (unpaired) electrons. The molecule has 1 aromatic heterocycles. The Morgan fingerprint density at radius 2 is 2.04 bits per heavy atom. The summed E-state index contributed by atoms with van der Waals surface area (Å²) in [4.78, 5) is 26.4. The highest BCUT2D eigenvalue weighted by atomic mass is 16.5. The molecule has 1 fully saturated rings. The van der Waals surface area contributed by atoms with Crippen LogP contribution in [0, 0.1) is 5.92 Å². The Hall–Kier alpha value is -2.76. The van der Waals surface area contributed by atoms with E-state index in [-0.39, 0.29) is 17.7 Å². The number of methoxy groups -OCH3 is 1. The fourth-order valence-corrected chi connectivity index (χ4v) is 2.86. The summed E-state index contributed by atoms with van der Waals surface area (Å²) >= 11 is 0. The van der Waals surface area contributed by atoms with Crippen molar-refractivity contribution in [2.24, 2.45) is 5.92 Å². The Morgan fingerprint density at radius 3 is 2.71 bits per heavy atom. The predicted molar refractivity (Wildman–Crippen MR) is 89.0 cm³/mol. The molecule has 1 saturated heterocycles. The Kier molecular flexibility index (Phi) is 4.84. The molecule has 126 valence electrons. The van der Waals surface area contributed by atoms with Gasteiger partial charge in [-0.2, -0.15) is 0 Å². The Balaban J connectivity index is 1.54. The first-order chi connectivity index (χ1) is 11.7. The minimum absolute atomic E-state index is 0.0151. The molecule has 2 aromatic rings. The van der Waals surface area contributed by atoms with Gasteiger partial charge in [0.1, 0.15) is 12.0 Å². The summed E-state index contributed by atoms with van der Waals surface area (Å²) in [7, 11) is 1.59. The van der Waals surface area contributed by atoms with Crippen LogP contribution in [0.3, 0.4) is 0 Å². The van der Waals surface area contributed by atoms with E-state index in [9.17, 15) is 9.59 Å². The number of furan rings is 1. The van der Waals surface area contributed by atoms with Crippen molar-refractivity contribution in [2.45, 2.75) is 12.8 Å². The number of amides is 2. The maximum Gasteiger partial charge on any atom is 0.257 e. The lowest BCUT2D eigenvalue weighted by atomic mass is 9.95. The van der Waals surface area contributed by atoms with Gasteiger partial charge in [-0.3, -0.25) is 9.59 Å². The highest BCUT2D eigenvalue weighted by Crippen LogP contribution is 2.22. The number of piperidine rings is 1. The van der Waals surface area contributed by atoms with E-state index in [4.69, 9.17) is 9.15 Å². The summed E-state index contributed by atoms with van der Waals surface area (Å²) in [6.07, 6.45) is 4.24. The van der Waals surface area contributed by atoms with Crippen molar-refractivity contribution < 1.29 is 18.7 Å². The molecule has 6 heteroatoms. The average molecular weight is 328 g/mol. The lowest BCUT2D eigenvalue weighted by Crippen LogP contribution is -2.41. The first kappa shape index (κ1) is 16.1. The third-order valence-corrected chi connectivity index (χ3v) is 4.26. The largest absolute Gasteiger partial charge is 0.497 e. The molecule has 0 spiro atoms. The number of carbonyl (C=O) groups excluding carboxylic acids is 2. The van der Waals surface area contributed by atoms with Gasteiger partial charge >= 0.3 is 0 Å². The van der Waals surface area contributed by atoms with Crippen LogP contribution in [0.2, 0.25) is 0 Å². The van der Waals surface area contributed by atoms with Gasteiger partial charge in [-0.25, -0.2) is 0 Å². The van der Waals surface area contributed by atoms with Gasteiger partial charge in [-0.15, -0.1) is 0 Å². The number of anilines is 1. The lowest BCUT2D eigenvalue weighted by molar-refractivity contribution is -0.121. The third kappa shape index (κ3) is 3.59. The molecule has 3 rings (SSSR count). The fraction of sp³-hybridized carbons (Fsp3) is 0.333. The van der Waals surface area contributed by atoms with Gasteiger partial charge in [0.25, 0.3) is 5.91 Å². The van der Waals surface area contributed by atoms with Crippen LogP contribution in [0.4, 0.5) is 5.69 Å². The van der Waals surface area contributed by atoms with Crippen LogP contribution >= 0.6 is 0 Å². The first-order valence-electron chi connectivity index (χ1n) is 7.94. The SMILES string of the molecule is COc1cccc(NC(=O)C2CCN(C(=O)c3ccoc3)CC2)c1. The Labute approximate surface area is 140 Å². The number of hydrogen-bond donors (Lipinski definition) is 1. The normalized spacial score (nSPS) is 15.1. The van der Waals surface area contributed by atoms with Crippen LogP contribution in [0.15, 0.2) is 47.3 Å². The van der Waals surface area contributed by atoms with Gasteiger partial charge in [-0.1, -0.05) is 6.07 Å². The zero-order valence-electron chi connectivity index (χ0n) is 13.5. The molecule has 1 aliphatic heterocycles. The molecule has 0 bridgehead atoms. The van der Waals surface area contributed by atoms with Gasteiger partial charge in [0.15, 0.2) is 0 Å². The minimum atomic E-state index is -0.0930. The van der Waals surface area contributed by atoms with E-state index >= 15 is 0 Å². The number of rotatable bonds is 4. The van der Waals surface area contributed by atoms with Crippen molar-refractivity contribution >= 4 is 17.5 Å². The molecule has 24 heavy (non-hydrogen) atoms. The zero-order valence-corrected chi connectivity index (χ0v) is 13.5. The zero-order chi connectivity index (χ0) is 16.9. The fourth-order valence-electron chi connectivity index (χ4n) is 2.86. The van der Waals surface area contributed by atoms with E-state index in [0.717, 1.165) is 5.69 Å². The smallest absolute Gasteiger partial charge is 0.257 e. The maximum atomic E-state index is 12.4. The van der Waals surface area contributed by atoms with Crippen molar-refractivity contribution in [1.82, 2.24) is 4.90 Å². The quantitative estimate of drug-likeness (QED) is 0.937. The molecular formula is C18H20N2O4. The second-order valence-electron chi connectivity index (χ2n) is 5.80. The monoisotopic (exact) mass is 328 g/mol. The summed E-state index contributed by atoms with van der Waals surface area (Å²) in [5.41, 5.74) is 1.27. The van der Waals surface area contributed by atoms with Crippen LogP contribution in [-0.4, -0.2) is 36.9 Å². The van der Waals surface area contributed by atoms with E-state index in [1.807, 2.05) is 18.2 Å². The maximum absolute atomic E-state index is 12.4. The molecule has 6 nitrogen and oxygen atoms in total. The molecule has 0 unspecified atom stereocenters. The Morgan fingerprint density at radius 1 is 1.25 bits per heavy atom. The number of carbonyl (C=O) groups is 2. The second-order valence-corrected chi connectivity index (χ2v) is 5.80. The molecular weight excluding hydrogens is 308 g/mol. The number of likely N-dealkylation sites (tertiary alicyclic amines) is 1. The van der Waals surface area contributed by atoms with Crippen LogP contribution in [0.5, 0.6) is 5.75 Å². The highest BCUT2D eigenvalue weighted by molar-refractivity contribution is 5.95. The minimum Gasteiger partial charge on any atom is -0.497 e. The number of benzene rings is 1. The van der Waals surface area contributed by atoms with E-state index < -0.39 is 0 Å². The molecule has 1 aromatic carbocycles. The van der Waals surface area contributed by atoms with Crippen molar-refractivity contribution in [2.75, 3.05) is 25.5 Å². The van der Waals surface area contributed by atoms with E-state index in [1.54, 1.807) is 24.1 Å². The lowest BCUT2D eigenvalue weighted by Gasteiger charge is -2.31. The van der Waals surface area contributed by atoms with Crippen LogP contribution in [0.25, 0.3) is 0 Å². The molecule has 0 saturated carbocycles. The summed E-state index contributed by atoms with van der Waals surface area (Å²) in [6, 6.07) is 8.94. The standard InChI is InChI=1S/C18H20N2O4/c1-23-16-4-2-3-15(11-16)19-17(21)13-5-8-20(9-6-13)18(22)14-7-10-24-12-14/h2-4,7,10-13H,5-6,8-9H2,1H3,(H,19,21). The molecule has 1 N–H and O–H groups in total. The van der Waals surface area contributed by atoms with Gasteiger partial charge < -0.3 is 19.4 Å². The Bertz CT molecular complexity index is 704. The number of nitrogens with one attached hydrogen (secondary N) is 1. The predicted octanol–water partition coefficient (Wildman–Crippen LogP) is 2.78. The van der Waals surface area contributed by atoms with Crippen molar-refractivity contribution in [3.63, 3.8) is 0 Å². The molecule has 2 heterocycles. The average Bonchev–Trinajstić information content (AvgIpc) is 3.16. The molecule has 1 aliphatic rings. The van der Waals surface area contributed by atoms with Crippen LogP contribution < -0.4 is 10.1 Å². The second kappa shape index (κ2) is 7.21. The van der Waals surface area contributed by atoms with Crippen LogP contribution in [-0.2, 0) is 4.79 Å². The van der Waals surface area contributed by atoms with Crippen molar-refractivity contribution in [3.8, 4) is 5.75 Å². The molecule has 2 amide bonds. The number of ether oxygens (including phenoxy) is 1. The number of hydrogen-bond acceptors (Lipinski definition) is 4. The van der Waals surface area contributed by atoms with Crippen molar-refractivity contribution in [3.05, 3.63) is 48.4 Å². The van der Waals surface area contributed by atoms with Gasteiger partial charge in [0.2, 0.25) is 5.91 Å². The van der Waals surface area contributed by atoms with Gasteiger partial charge in [0, 0.05) is 30.8 Å². The van der Waals surface area contributed by atoms with Crippen molar-refractivity contribution in [1.29, 1.82) is 0 Å². The van der Waals surface area contributed by atoms with E-state index in [2.05, 4.69) is 5.32 Å². The summed E-state index contributed by atoms with van der Waals surface area (Å²) in [5, 5.41) is 2.92. The van der Waals surface area contributed by atoms with E-state index in [0.29, 0.717) is 37.2 Å². The third-order valence-electron chi connectivity index (χ3n) is 4.26.